The predicted octanol–water partition coefficient (Wildman–Crippen LogP) is 1.74. The quantitative estimate of drug-likeness (QED) is 0.581. The van der Waals surface area contributed by atoms with Crippen LogP contribution in [0.25, 0.3) is 0 Å². The molecule has 2 amide bonds. The molecule has 0 aliphatic rings. The van der Waals surface area contributed by atoms with E-state index < -0.39 is 21.7 Å². The normalized spacial score (nSPS) is 10.2. The number of anilines is 2. The Kier molecular flexibility index (Phi) is 4.79. The van der Waals surface area contributed by atoms with Crippen molar-refractivity contribution in [3.63, 3.8) is 0 Å². The van der Waals surface area contributed by atoms with Crippen molar-refractivity contribution in [1.29, 1.82) is 0 Å². The van der Waals surface area contributed by atoms with Crippen LogP contribution in [0.15, 0.2) is 12.4 Å². The van der Waals surface area contributed by atoms with Crippen molar-refractivity contribution >= 4 is 54.8 Å². The number of amides is 2. The van der Waals surface area contributed by atoms with E-state index in [1.807, 2.05) is 0 Å². The van der Waals surface area contributed by atoms with E-state index in [0.717, 1.165) is 36.3 Å². The number of nitrogens with zero attached hydrogens (tertiary/aromatic N) is 6. The lowest BCUT2D eigenvalue weighted by Gasteiger charge is -2.28. The third kappa shape index (κ3) is 3.33. The lowest BCUT2D eigenvalue weighted by Crippen LogP contribution is -2.48. The SMILES string of the molecule is CC(=O)N(c1ncc([N+](=O)[O-])s1)N(C(C)=O)c1ncc([N+](=O)[O-])s1. The number of hydrazine groups is 1. The zero-order chi connectivity index (χ0) is 18.0. The number of nitro groups is 2. The van der Waals surface area contributed by atoms with Crippen molar-refractivity contribution in [2.24, 2.45) is 0 Å². The molecular formula is C10H8N6O6S2. The summed E-state index contributed by atoms with van der Waals surface area (Å²) in [7, 11) is 0. The van der Waals surface area contributed by atoms with E-state index in [2.05, 4.69) is 9.97 Å². The van der Waals surface area contributed by atoms with Gasteiger partial charge in [-0.1, -0.05) is 0 Å². The Hall–Kier alpha value is -3.00. The Labute approximate surface area is 141 Å². The molecule has 0 radical (unpaired) electrons. The molecule has 0 saturated carbocycles. The van der Waals surface area contributed by atoms with Crippen LogP contribution in [-0.4, -0.2) is 31.6 Å². The topological polar surface area (TPSA) is 153 Å². The smallest absolute Gasteiger partial charge is 0.273 e. The number of hydrogen-bond acceptors (Lipinski definition) is 10. The van der Waals surface area contributed by atoms with Gasteiger partial charge in [0.05, 0.1) is 9.85 Å². The largest absolute Gasteiger partial charge is 0.345 e. The number of carbonyl (C=O) groups excluding carboxylic acids is 2. The van der Waals surface area contributed by atoms with Gasteiger partial charge in [-0.2, -0.15) is 10.0 Å². The molecule has 0 aromatic carbocycles. The van der Waals surface area contributed by atoms with Crippen LogP contribution in [0.4, 0.5) is 20.3 Å². The fourth-order valence-corrected chi connectivity index (χ4v) is 3.14. The molecule has 0 N–H and O–H groups in total. The third-order valence-corrected chi connectivity index (χ3v) is 4.33. The van der Waals surface area contributed by atoms with Gasteiger partial charge in [-0.25, -0.2) is 9.97 Å². The molecule has 0 atom stereocenters. The summed E-state index contributed by atoms with van der Waals surface area (Å²) in [4.78, 5) is 51.6. The van der Waals surface area contributed by atoms with Gasteiger partial charge in [0.15, 0.2) is 0 Å². The summed E-state index contributed by atoms with van der Waals surface area (Å²) in [6.45, 7) is 2.23. The highest BCUT2D eigenvalue weighted by Gasteiger charge is 2.32. The van der Waals surface area contributed by atoms with E-state index in [9.17, 15) is 29.8 Å². The van der Waals surface area contributed by atoms with E-state index in [1.54, 1.807) is 0 Å². The van der Waals surface area contributed by atoms with Crippen molar-refractivity contribution in [2.75, 3.05) is 10.0 Å². The van der Waals surface area contributed by atoms with E-state index in [-0.39, 0.29) is 20.3 Å². The second kappa shape index (κ2) is 6.63. The molecule has 2 heterocycles. The molecule has 24 heavy (non-hydrogen) atoms. The van der Waals surface area contributed by atoms with Crippen molar-refractivity contribution in [3.05, 3.63) is 32.6 Å². The van der Waals surface area contributed by atoms with Crippen LogP contribution in [0, 0.1) is 20.2 Å². The maximum absolute atomic E-state index is 12.0. The molecule has 2 rings (SSSR count). The molecular weight excluding hydrogens is 364 g/mol. The van der Waals surface area contributed by atoms with Gasteiger partial charge < -0.3 is 0 Å². The monoisotopic (exact) mass is 372 g/mol. The number of aromatic nitrogens is 2. The Morgan fingerprint density at radius 1 is 0.917 bits per heavy atom. The summed E-state index contributed by atoms with van der Waals surface area (Å²) in [6, 6.07) is 0. The molecule has 0 unspecified atom stereocenters. The number of carbonyl (C=O) groups is 2. The van der Waals surface area contributed by atoms with E-state index >= 15 is 0 Å². The van der Waals surface area contributed by atoms with Crippen LogP contribution >= 0.6 is 22.7 Å². The predicted molar refractivity (Wildman–Crippen MR) is 83.9 cm³/mol. The highest BCUT2D eigenvalue weighted by atomic mass is 32.1. The van der Waals surface area contributed by atoms with Crippen molar-refractivity contribution in [3.8, 4) is 0 Å². The minimum Gasteiger partial charge on any atom is -0.273 e. The average molecular weight is 372 g/mol. The van der Waals surface area contributed by atoms with Gasteiger partial charge in [-0.3, -0.25) is 29.8 Å². The lowest BCUT2D eigenvalue weighted by molar-refractivity contribution is -0.380. The maximum atomic E-state index is 12.0. The van der Waals surface area contributed by atoms with Gasteiger partial charge in [0, 0.05) is 13.8 Å². The third-order valence-electron chi connectivity index (χ3n) is 2.48. The van der Waals surface area contributed by atoms with Crippen molar-refractivity contribution in [2.45, 2.75) is 13.8 Å². The molecule has 126 valence electrons. The Morgan fingerprint density at radius 3 is 1.46 bits per heavy atom. The Balaban J connectivity index is 2.50. The van der Waals surface area contributed by atoms with E-state index in [4.69, 9.17) is 0 Å². The lowest BCUT2D eigenvalue weighted by atomic mass is 10.6. The Bertz CT molecular complexity index is 763. The molecule has 0 aliphatic carbocycles. The maximum Gasteiger partial charge on any atom is 0.345 e. The van der Waals surface area contributed by atoms with E-state index in [0.29, 0.717) is 22.7 Å². The van der Waals surface area contributed by atoms with Crippen LogP contribution < -0.4 is 10.0 Å². The molecule has 0 aliphatic heterocycles. The summed E-state index contributed by atoms with van der Waals surface area (Å²) in [6.07, 6.45) is 1.89. The first-order chi connectivity index (χ1) is 11.2. The first kappa shape index (κ1) is 17.4. The van der Waals surface area contributed by atoms with Crippen LogP contribution in [-0.2, 0) is 9.59 Å². The summed E-state index contributed by atoms with van der Waals surface area (Å²) in [5.41, 5.74) is 0. The second-order valence-electron chi connectivity index (χ2n) is 4.14. The molecule has 14 heteroatoms. The van der Waals surface area contributed by atoms with Gasteiger partial charge in [0.2, 0.25) is 22.1 Å². The minimum absolute atomic E-state index is 0.137. The van der Waals surface area contributed by atoms with Gasteiger partial charge in [-0.05, 0) is 22.7 Å². The zero-order valence-corrected chi connectivity index (χ0v) is 13.7. The van der Waals surface area contributed by atoms with Gasteiger partial charge in [0.1, 0.15) is 12.4 Å². The molecule has 12 nitrogen and oxygen atoms in total. The standard InChI is InChI=1S/C10H8N6O6S2/c1-5(17)13(9-11-3-7(23-9)15(19)20)14(6(2)18)10-12-4-8(24-10)16(21)22/h3-4H,1-2H3. The first-order valence-electron chi connectivity index (χ1n) is 6.04. The molecule has 2 aromatic rings. The first-order valence-corrected chi connectivity index (χ1v) is 7.67. The van der Waals surface area contributed by atoms with Crippen LogP contribution in [0.5, 0.6) is 0 Å². The summed E-state index contributed by atoms with van der Waals surface area (Å²) < 4.78 is 0. The molecule has 0 bridgehead atoms. The van der Waals surface area contributed by atoms with E-state index in [1.165, 1.54) is 0 Å². The summed E-state index contributed by atoms with van der Waals surface area (Å²) in [5, 5.41) is 22.2. The van der Waals surface area contributed by atoms with Crippen LogP contribution in [0.1, 0.15) is 13.8 Å². The van der Waals surface area contributed by atoms with Crippen LogP contribution in [0.3, 0.4) is 0 Å². The minimum atomic E-state index is -0.689. The fraction of sp³-hybridized carbons (Fsp3) is 0.200. The fourth-order valence-electron chi connectivity index (χ4n) is 1.60. The summed E-state index contributed by atoms with van der Waals surface area (Å²) >= 11 is 1.15. The number of thiazole rings is 2. The zero-order valence-electron chi connectivity index (χ0n) is 12.1. The molecule has 0 spiro atoms. The van der Waals surface area contributed by atoms with Gasteiger partial charge in [-0.15, -0.1) is 0 Å². The highest BCUT2D eigenvalue weighted by molar-refractivity contribution is 7.19. The molecule has 0 saturated heterocycles. The number of rotatable bonds is 4. The Morgan fingerprint density at radius 2 is 1.25 bits per heavy atom. The number of hydrogen-bond donors (Lipinski definition) is 0. The average Bonchev–Trinajstić information content (AvgIpc) is 3.12. The highest BCUT2D eigenvalue weighted by Crippen LogP contribution is 2.34. The molecule has 0 fully saturated rings. The van der Waals surface area contributed by atoms with Crippen molar-refractivity contribution in [1.82, 2.24) is 9.97 Å². The summed E-state index contributed by atoms with van der Waals surface area (Å²) in [5.74, 6) is -1.35. The van der Waals surface area contributed by atoms with Crippen molar-refractivity contribution < 1.29 is 19.4 Å². The second-order valence-corrected chi connectivity index (χ2v) is 6.11. The van der Waals surface area contributed by atoms with Crippen LogP contribution in [0.2, 0.25) is 0 Å². The van der Waals surface area contributed by atoms with Gasteiger partial charge in [0.25, 0.3) is 0 Å². The van der Waals surface area contributed by atoms with Gasteiger partial charge >= 0.3 is 10.0 Å². The molecule has 2 aromatic heterocycles.